The summed E-state index contributed by atoms with van der Waals surface area (Å²) in [4.78, 5) is 19.1. The summed E-state index contributed by atoms with van der Waals surface area (Å²) in [6.07, 6.45) is 1.12. The molecule has 2 aromatic carbocycles. The Hall–Kier alpha value is -2.26. The van der Waals surface area contributed by atoms with Crippen molar-refractivity contribution in [2.24, 2.45) is 11.5 Å². The smallest absolute Gasteiger partial charge is 0.328 e. The lowest BCUT2D eigenvalue weighted by Gasteiger charge is -1.98. The molecule has 0 amide bonds. The van der Waals surface area contributed by atoms with Crippen LogP contribution in [-0.4, -0.2) is 46.7 Å². The van der Waals surface area contributed by atoms with Gasteiger partial charge in [0, 0.05) is 48.3 Å². The third-order valence-electron chi connectivity index (χ3n) is 3.12. The van der Waals surface area contributed by atoms with E-state index < -0.39 is 11.9 Å². The Balaban J connectivity index is 0.000000428. The van der Waals surface area contributed by atoms with Crippen molar-refractivity contribution in [3.05, 3.63) is 83.9 Å². The molecule has 0 aliphatic heterocycles. The fraction of sp³-hybridized carbons (Fsp3) is 0.273. The summed E-state index contributed by atoms with van der Waals surface area (Å²) in [7, 11) is 0. The van der Waals surface area contributed by atoms with Crippen LogP contribution in [0.15, 0.2) is 72.8 Å². The first-order valence-electron chi connectivity index (χ1n) is 9.27. The van der Waals surface area contributed by atoms with E-state index in [0.29, 0.717) is 12.2 Å². The van der Waals surface area contributed by atoms with Crippen molar-refractivity contribution in [3.8, 4) is 0 Å². The maximum atomic E-state index is 9.55. The van der Waals surface area contributed by atoms with Crippen molar-refractivity contribution in [2.45, 2.75) is 11.5 Å². The molecule has 2 rings (SSSR count). The molecular formula is C22H30N2O4S2. The zero-order valence-corrected chi connectivity index (χ0v) is 18.5. The first-order valence-corrected chi connectivity index (χ1v) is 11.6. The minimum atomic E-state index is -1.26. The summed E-state index contributed by atoms with van der Waals surface area (Å²) in [5.74, 6) is 1.75. The van der Waals surface area contributed by atoms with Crippen LogP contribution in [0.5, 0.6) is 0 Å². The number of hydrogen-bond donors (Lipinski definition) is 4. The van der Waals surface area contributed by atoms with Crippen LogP contribution in [0.2, 0.25) is 0 Å². The molecule has 0 saturated carbocycles. The van der Waals surface area contributed by atoms with Crippen molar-refractivity contribution in [1.29, 1.82) is 0 Å². The molecule has 0 aromatic heterocycles. The molecule has 0 unspecified atom stereocenters. The predicted molar refractivity (Wildman–Crippen MR) is 128 cm³/mol. The summed E-state index contributed by atoms with van der Waals surface area (Å²) in [5.41, 5.74) is 13.5. The molecule has 0 aliphatic carbocycles. The Kier molecular flexibility index (Phi) is 18.5. The van der Waals surface area contributed by atoms with Crippen LogP contribution in [0.4, 0.5) is 0 Å². The van der Waals surface area contributed by atoms with Gasteiger partial charge in [-0.05, 0) is 11.1 Å². The minimum Gasteiger partial charge on any atom is -0.478 e. The van der Waals surface area contributed by atoms with Gasteiger partial charge in [-0.1, -0.05) is 60.7 Å². The number of thioether (sulfide) groups is 2. The number of rotatable bonds is 10. The van der Waals surface area contributed by atoms with Gasteiger partial charge in [0.2, 0.25) is 0 Å². The van der Waals surface area contributed by atoms with Gasteiger partial charge in [-0.15, -0.1) is 0 Å². The van der Waals surface area contributed by atoms with Gasteiger partial charge in [0.15, 0.2) is 0 Å². The second kappa shape index (κ2) is 20.0. The molecule has 0 saturated heterocycles. The van der Waals surface area contributed by atoms with E-state index in [2.05, 4.69) is 48.5 Å². The lowest BCUT2D eigenvalue weighted by atomic mass is 10.2. The molecular weight excluding hydrogens is 420 g/mol. The topological polar surface area (TPSA) is 127 Å². The zero-order chi connectivity index (χ0) is 22.5. The van der Waals surface area contributed by atoms with Gasteiger partial charge in [0.05, 0.1) is 0 Å². The first-order chi connectivity index (χ1) is 14.5. The number of benzene rings is 2. The average molecular weight is 451 g/mol. The molecule has 6 N–H and O–H groups in total. The van der Waals surface area contributed by atoms with Gasteiger partial charge in [-0.3, -0.25) is 0 Å². The van der Waals surface area contributed by atoms with Gasteiger partial charge in [-0.2, -0.15) is 23.5 Å². The number of aliphatic carboxylic acids is 2. The van der Waals surface area contributed by atoms with Crippen molar-refractivity contribution < 1.29 is 19.8 Å². The molecule has 0 aliphatic rings. The van der Waals surface area contributed by atoms with Crippen molar-refractivity contribution in [3.63, 3.8) is 0 Å². The fourth-order valence-corrected chi connectivity index (χ4v) is 3.32. The molecule has 0 atom stereocenters. The highest BCUT2D eigenvalue weighted by Crippen LogP contribution is 2.10. The van der Waals surface area contributed by atoms with Gasteiger partial charge in [-0.25, -0.2) is 9.59 Å². The molecule has 8 heteroatoms. The molecule has 30 heavy (non-hydrogen) atoms. The molecule has 0 radical (unpaired) electrons. The van der Waals surface area contributed by atoms with Crippen LogP contribution in [0.1, 0.15) is 11.1 Å². The van der Waals surface area contributed by atoms with E-state index >= 15 is 0 Å². The van der Waals surface area contributed by atoms with E-state index in [1.54, 1.807) is 0 Å². The number of hydrogen-bond acceptors (Lipinski definition) is 6. The third kappa shape index (κ3) is 19.1. The Morgan fingerprint density at radius 3 is 1.30 bits per heavy atom. The summed E-state index contributed by atoms with van der Waals surface area (Å²) in [5, 5.41) is 15.6. The van der Waals surface area contributed by atoms with Gasteiger partial charge in [0.25, 0.3) is 0 Å². The SMILES string of the molecule is NCCSCc1ccccc1.NCCSCc1ccccc1.O=C(O)/C=C/C(=O)O. The van der Waals surface area contributed by atoms with E-state index in [4.69, 9.17) is 21.7 Å². The Morgan fingerprint density at radius 2 is 1.03 bits per heavy atom. The first kappa shape index (κ1) is 27.7. The van der Waals surface area contributed by atoms with Crippen molar-refractivity contribution in [1.82, 2.24) is 0 Å². The van der Waals surface area contributed by atoms with Crippen molar-refractivity contribution in [2.75, 3.05) is 24.6 Å². The lowest BCUT2D eigenvalue weighted by molar-refractivity contribution is -0.134. The molecule has 0 spiro atoms. The van der Waals surface area contributed by atoms with Crippen LogP contribution < -0.4 is 11.5 Å². The lowest BCUT2D eigenvalue weighted by Crippen LogP contribution is -2.01. The van der Waals surface area contributed by atoms with E-state index in [-0.39, 0.29) is 0 Å². The second-order valence-electron chi connectivity index (χ2n) is 5.66. The Bertz CT molecular complexity index is 652. The fourth-order valence-electron chi connectivity index (χ4n) is 1.84. The standard InChI is InChI=1S/2C9H13NS.C4H4O4/c2*10-6-7-11-8-9-4-2-1-3-5-9;5-3(6)1-2-4(7)8/h2*1-5H,6-8,10H2;1-2H,(H,5,6)(H,7,8)/b;;2-1+. The second-order valence-corrected chi connectivity index (χ2v) is 7.87. The Morgan fingerprint density at radius 1 is 0.700 bits per heavy atom. The number of nitrogens with two attached hydrogens (primary N) is 2. The van der Waals surface area contributed by atoms with E-state index in [0.717, 1.165) is 36.1 Å². The largest absolute Gasteiger partial charge is 0.478 e. The quantitative estimate of drug-likeness (QED) is 0.320. The number of carboxylic acid groups (broad SMARTS) is 2. The van der Waals surface area contributed by atoms with E-state index in [9.17, 15) is 9.59 Å². The summed E-state index contributed by atoms with van der Waals surface area (Å²) >= 11 is 3.76. The summed E-state index contributed by atoms with van der Waals surface area (Å²) < 4.78 is 0. The normalized spacial score (nSPS) is 9.80. The molecule has 2 aromatic rings. The zero-order valence-electron chi connectivity index (χ0n) is 16.9. The van der Waals surface area contributed by atoms with Crippen LogP contribution in [0.25, 0.3) is 0 Å². The molecule has 6 nitrogen and oxygen atoms in total. The highest BCUT2D eigenvalue weighted by molar-refractivity contribution is 7.98. The van der Waals surface area contributed by atoms with E-state index in [1.807, 2.05) is 35.7 Å². The van der Waals surface area contributed by atoms with Crippen LogP contribution in [-0.2, 0) is 21.1 Å². The molecule has 0 bridgehead atoms. The van der Waals surface area contributed by atoms with E-state index in [1.165, 1.54) is 11.1 Å². The van der Waals surface area contributed by atoms with Gasteiger partial charge >= 0.3 is 11.9 Å². The molecule has 164 valence electrons. The van der Waals surface area contributed by atoms with Gasteiger partial charge in [0.1, 0.15) is 0 Å². The summed E-state index contributed by atoms with van der Waals surface area (Å²) in [6.45, 7) is 1.55. The predicted octanol–water partition coefficient (Wildman–Crippen LogP) is 3.47. The monoisotopic (exact) mass is 450 g/mol. The average Bonchev–Trinajstić information content (AvgIpc) is 2.75. The maximum Gasteiger partial charge on any atom is 0.328 e. The van der Waals surface area contributed by atoms with Crippen LogP contribution >= 0.6 is 23.5 Å². The highest BCUT2D eigenvalue weighted by Gasteiger charge is 1.90. The minimum absolute atomic E-state index is 0.558. The number of carboxylic acids is 2. The molecule has 0 fully saturated rings. The number of carbonyl (C=O) groups is 2. The van der Waals surface area contributed by atoms with Gasteiger partial charge < -0.3 is 21.7 Å². The maximum absolute atomic E-state index is 9.55. The molecule has 0 heterocycles. The summed E-state index contributed by atoms with van der Waals surface area (Å²) in [6, 6.07) is 20.9. The third-order valence-corrected chi connectivity index (χ3v) is 5.24. The van der Waals surface area contributed by atoms with Crippen LogP contribution in [0.3, 0.4) is 0 Å². The van der Waals surface area contributed by atoms with Crippen molar-refractivity contribution >= 4 is 35.5 Å². The Labute approximate surface area is 186 Å². The highest BCUT2D eigenvalue weighted by atomic mass is 32.2. The van der Waals surface area contributed by atoms with Crippen LogP contribution in [0, 0.1) is 0 Å².